The Morgan fingerprint density at radius 3 is 2.76 bits per heavy atom. The van der Waals surface area contributed by atoms with E-state index in [4.69, 9.17) is 5.73 Å². The Balaban J connectivity index is 1.83. The molecule has 2 rings (SSSR count). The van der Waals surface area contributed by atoms with Gasteiger partial charge in [0.2, 0.25) is 5.91 Å². The molecule has 0 unspecified atom stereocenters. The lowest BCUT2D eigenvalue weighted by Gasteiger charge is -2.27. The van der Waals surface area contributed by atoms with Crippen LogP contribution >= 0.6 is 11.3 Å². The van der Waals surface area contributed by atoms with Crippen molar-refractivity contribution in [1.82, 2.24) is 4.98 Å². The maximum atomic E-state index is 11.1. The summed E-state index contributed by atoms with van der Waals surface area (Å²) in [5.41, 5.74) is 6.46. The van der Waals surface area contributed by atoms with Crippen LogP contribution in [0, 0.1) is 5.92 Å². The Hall–Kier alpha value is -1.10. The second-order valence-corrected chi connectivity index (χ2v) is 5.45. The van der Waals surface area contributed by atoms with Crippen LogP contribution < -0.4 is 11.1 Å². The lowest BCUT2D eigenvalue weighted by atomic mass is 9.86. The quantitative estimate of drug-likeness (QED) is 0.864. The van der Waals surface area contributed by atoms with Gasteiger partial charge in [0.05, 0.1) is 5.69 Å². The molecule has 1 fully saturated rings. The maximum Gasteiger partial charge on any atom is 0.220 e. The second kappa shape index (κ2) is 5.49. The molecule has 5 heteroatoms. The van der Waals surface area contributed by atoms with Gasteiger partial charge in [0.25, 0.3) is 0 Å². The van der Waals surface area contributed by atoms with Gasteiger partial charge < -0.3 is 11.1 Å². The number of nitrogens with one attached hydrogen (secondary N) is 1. The Bertz CT molecular complexity index is 383. The van der Waals surface area contributed by atoms with E-state index >= 15 is 0 Å². The molecule has 1 saturated carbocycles. The number of thiazole rings is 1. The number of anilines is 1. The number of primary amides is 1. The number of nitrogens with zero attached hydrogens (tertiary/aromatic N) is 1. The molecule has 1 aromatic heterocycles. The molecular weight excluding hydrogens is 234 g/mol. The van der Waals surface area contributed by atoms with Crippen molar-refractivity contribution in [2.75, 3.05) is 5.32 Å². The molecule has 1 amide bonds. The number of carbonyl (C=O) groups is 1. The highest BCUT2D eigenvalue weighted by Crippen LogP contribution is 2.27. The van der Waals surface area contributed by atoms with Crippen molar-refractivity contribution in [3.05, 3.63) is 11.1 Å². The number of rotatable bonds is 4. The predicted octanol–water partition coefficient (Wildman–Crippen LogP) is 2.16. The molecule has 1 aliphatic rings. The molecule has 0 atom stereocenters. The normalized spacial score (nSPS) is 24.5. The van der Waals surface area contributed by atoms with E-state index in [1.807, 2.05) is 0 Å². The standard InChI is InChI=1S/C12H19N3OS/c1-2-9-7-17-12(14-9)15-10-5-3-8(4-6-10)11(13)16/h7-8,10H,2-6H2,1H3,(H2,13,16)(H,14,15). The van der Waals surface area contributed by atoms with E-state index in [0.717, 1.165) is 42.9 Å². The first kappa shape index (κ1) is 12.4. The smallest absolute Gasteiger partial charge is 0.220 e. The van der Waals surface area contributed by atoms with Gasteiger partial charge in [-0.3, -0.25) is 4.79 Å². The Kier molecular flexibility index (Phi) is 3.99. The highest BCUT2D eigenvalue weighted by Gasteiger charge is 2.24. The Labute approximate surface area is 106 Å². The summed E-state index contributed by atoms with van der Waals surface area (Å²) in [5, 5.41) is 6.55. The predicted molar refractivity (Wildman–Crippen MR) is 70.1 cm³/mol. The van der Waals surface area contributed by atoms with Crippen LogP contribution in [0.3, 0.4) is 0 Å². The lowest BCUT2D eigenvalue weighted by Crippen LogP contribution is -2.32. The van der Waals surface area contributed by atoms with Gasteiger partial charge in [-0.1, -0.05) is 6.92 Å². The molecule has 0 radical (unpaired) electrons. The van der Waals surface area contributed by atoms with Gasteiger partial charge in [-0.05, 0) is 32.1 Å². The number of aryl methyl sites for hydroxylation is 1. The number of amides is 1. The first-order valence-electron chi connectivity index (χ1n) is 6.19. The monoisotopic (exact) mass is 253 g/mol. The minimum Gasteiger partial charge on any atom is -0.369 e. The van der Waals surface area contributed by atoms with Crippen LogP contribution in [-0.4, -0.2) is 16.9 Å². The number of hydrogen-bond donors (Lipinski definition) is 2. The number of nitrogens with two attached hydrogens (primary N) is 1. The molecule has 0 saturated heterocycles. The van der Waals surface area contributed by atoms with Gasteiger partial charge in [-0.25, -0.2) is 4.98 Å². The van der Waals surface area contributed by atoms with Crippen LogP contribution in [0.4, 0.5) is 5.13 Å². The van der Waals surface area contributed by atoms with Crippen molar-refractivity contribution in [2.45, 2.75) is 45.1 Å². The van der Waals surface area contributed by atoms with Gasteiger partial charge in [0.15, 0.2) is 5.13 Å². The third kappa shape index (κ3) is 3.19. The summed E-state index contributed by atoms with van der Waals surface area (Å²) >= 11 is 1.66. The van der Waals surface area contributed by atoms with Crippen molar-refractivity contribution >= 4 is 22.4 Å². The van der Waals surface area contributed by atoms with Gasteiger partial charge in [0.1, 0.15) is 0 Å². The molecule has 17 heavy (non-hydrogen) atoms. The molecule has 0 aromatic carbocycles. The summed E-state index contributed by atoms with van der Waals surface area (Å²) in [6, 6.07) is 0.446. The zero-order chi connectivity index (χ0) is 12.3. The van der Waals surface area contributed by atoms with E-state index in [1.54, 1.807) is 11.3 Å². The van der Waals surface area contributed by atoms with Crippen LogP contribution in [0.1, 0.15) is 38.3 Å². The molecule has 0 bridgehead atoms. The average molecular weight is 253 g/mol. The minimum absolute atomic E-state index is 0.0792. The molecule has 0 spiro atoms. The van der Waals surface area contributed by atoms with E-state index in [9.17, 15) is 4.79 Å². The fraction of sp³-hybridized carbons (Fsp3) is 0.667. The van der Waals surface area contributed by atoms with Crippen LogP contribution in [-0.2, 0) is 11.2 Å². The fourth-order valence-corrected chi connectivity index (χ4v) is 3.10. The largest absolute Gasteiger partial charge is 0.369 e. The number of carbonyl (C=O) groups excluding carboxylic acids is 1. The molecule has 1 aromatic rings. The van der Waals surface area contributed by atoms with Crippen molar-refractivity contribution in [2.24, 2.45) is 11.7 Å². The first-order valence-corrected chi connectivity index (χ1v) is 7.07. The van der Waals surface area contributed by atoms with Gasteiger partial charge in [-0.15, -0.1) is 11.3 Å². The summed E-state index contributed by atoms with van der Waals surface area (Å²) in [4.78, 5) is 15.5. The van der Waals surface area contributed by atoms with Crippen molar-refractivity contribution in [3.63, 3.8) is 0 Å². The lowest BCUT2D eigenvalue weighted by molar-refractivity contribution is -0.122. The van der Waals surface area contributed by atoms with E-state index in [0.29, 0.717) is 6.04 Å². The molecule has 1 heterocycles. The Morgan fingerprint density at radius 1 is 1.53 bits per heavy atom. The SMILES string of the molecule is CCc1csc(NC2CCC(C(N)=O)CC2)n1. The van der Waals surface area contributed by atoms with Crippen LogP contribution in [0.5, 0.6) is 0 Å². The van der Waals surface area contributed by atoms with Crippen LogP contribution in [0.15, 0.2) is 5.38 Å². The van der Waals surface area contributed by atoms with Gasteiger partial charge in [-0.2, -0.15) is 0 Å². The summed E-state index contributed by atoms with van der Waals surface area (Å²) in [5.74, 6) is -0.0680. The molecule has 94 valence electrons. The van der Waals surface area contributed by atoms with E-state index < -0.39 is 0 Å². The van der Waals surface area contributed by atoms with Gasteiger partial charge in [0, 0.05) is 17.3 Å². The second-order valence-electron chi connectivity index (χ2n) is 4.59. The highest BCUT2D eigenvalue weighted by atomic mass is 32.1. The molecule has 4 nitrogen and oxygen atoms in total. The van der Waals surface area contributed by atoms with E-state index in [2.05, 4.69) is 22.6 Å². The first-order chi connectivity index (χ1) is 8.19. The topological polar surface area (TPSA) is 68.0 Å². The third-order valence-electron chi connectivity index (χ3n) is 3.37. The number of hydrogen-bond acceptors (Lipinski definition) is 4. The van der Waals surface area contributed by atoms with E-state index in [-0.39, 0.29) is 11.8 Å². The molecule has 1 aliphatic carbocycles. The van der Waals surface area contributed by atoms with Crippen molar-refractivity contribution < 1.29 is 4.79 Å². The third-order valence-corrected chi connectivity index (χ3v) is 4.19. The molecular formula is C12H19N3OS. The maximum absolute atomic E-state index is 11.1. The molecule has 3 N–H and O–H groups in total. The zero-order valence-corrected chi connectivity index (χ0v) is 10.9. The summed E-state index contributed by atoms with van der Waals surface area (Å²) in [7, 11) is 0. The summed E-state index contributed by atoms with van der Waals surface area (Å²) in [6.45, 7) is 2.11. The van der Waals surface area contributed by atoms with Gasteiger partial charge >= 0.3 is 0 Å². The van der Waals surface area contributed by atoms with Crippen molar-refractivity contribution in [3.8, 4) is 0 Å². The summed E-state index contributed by atoms with van der Waals surface area (Å²) < 4.78 is 0. The number of aromatic nitrogens is 1. The fourth-order valence-electron chi connectivity index (χ4n) is 2.23. The zero-order valence-electron chi connectivity index (χ0n) is 10.1. The minimum atomic E-state index is -0.147. The van der Waals surface area contributed by atoms with Crippen LogP contribution in [0.25, 0.3) is 0 Å². The Morgan fingerprint density at radius 2 is 2.24 bits per heavy atom. The van der Waals surface area contributed by atoms with Crippen molar-refractivity contribution in [1.29, 1.82) is 0 Å². The highest BCUT2D eigenvalue weighted by molar-refractivity contribution is 7.13. The van der Waals surface area contributed by atoms with E-state index in [1.165, 1.54) is 0 Å². The average Bonchev–Trinajstić information content (AvgIpc) is 2.77. The van der Waals surface area contributed by atoms with Crippen LogP contribution in [0.2, 0.25) is 0 Å². The molecule has 0 aliphatic heterocycles. The summed E-state index contributed by atoms with van der Waals surface area (Å²) in [6.07, 6.45) is 4.80.